The molecule has 0 aliphatic carbocycles. The fraction of sp³-hybridized carbons (Fsp3) is 0.462. The maximum absolute atomic E-state index is 12.1. The zero-order valence-corrected chi connectivity index (χ0v) is 11.5. The molecule has 0 radical (unpaired) electrons. The Morgan fingerprint density at radius 2 is 2.05 bits per heavy atom. The van der Waals surface area contributed by atoms with Crippen LogP contribution in [0.5, 0.6) is 0 Å². The van der Waals surface area contributed by atoms with Gasteiger partial charge in [0, 0.05) is 30.8 Å². The average molecular weight is 266 g/mol. The molecule has 6 nitrogen and oxygen atoms in total. The highest BCUT2D eigenvalue weighted by molar-refractivity contribution is 5.94. The van der Waals surface area contributed by atoms with E-state index in [0.29, 0.717) is 11.1 Å². The standard InChI is InChI=1S/C13H18N2O4/c1-9-7-10(5-6-11(9)15(18)19)12(16)14(4)8-13(2,3)17/h5-7,17H,8H2,1-4H3. The van der Waals surface area contributed by atoms with Gasteiger partial charge in [0.1, 0.15) is 0 Å². The van der Waals surface area contributed by atoms with Crippen molar-refractivity contribution in [3.8, 4) is 0 Å². The molecule has 104 valence electrons. The Hall–Kier alpha value is -1.95. The fourth-order valence-corrected chi connectivity index (χ4v) is 1.87. The topological polar surface area (TPSA) is 83.7 Å². The van der Waals surface area contributed by atoms with Crippen molar-refractivity contribution < 1.29 is 14.8 Å². The summed E-state index contributed by atoms with van der Waals surface area (Å²) in [5.74, 6) is -0.278. The minimum atomic E-state index is -0.986. The number of aryl methyl sites for hydroxylation is 1. The molecule has 1 N–H and O–H groups in total. The lowest BCUT2D eigenvalue weighted by molar-refractivity contribution is -0.385. The SMILES string of the molecule is Cc1cc(C(=O)N(C)CC(C)(C)O)ccc1[N+](=O)[O-]. The Morgan fingerprint density at radius 3 is 2.47 bits per heavy atom. The number of hydrogen-bond donors (Lipinski definition) is 1. The van der Waals surface area contributed by atoms with Gasteiger partial charge in [-0.1, -0.05) is 0 Å². The van der Waals surface area contributed by atoms with Gasteiger partial charge in [-0.15, -0.1) is 0 Å². The van der Waals surface area contributed by atoms with E-state index in [9.17, 15) is 20.0 Å². The van der Waals surface area contributed by atoms with Crippen molar-refractivity contribution in [1.82, 2.24) is 4.90 Å². The Bertz CT molecular complexity index is 506. The first kappa shape index (κ1) is 15.1. The van der Waals surface area contributed by atoms with Crippen LogP contribution in [0.25, 0.3) is 0 Å². The van der Waals surface area contributed by atoms with Gasteiger partial charge in [0.05, 0.1) is 10.5 Å². The van der Waals surface area contributed by atoms with Gasteiger partial charge in [0.2, 0.25) is 0 Å². The second-order valence-electron chi connectivity index (χ2n) is 5.23. The van der Waals surface area contributed by atoms with Gasteiger partial charge in [-0.25, -0.2) is 0 Å². The lowest BCUT2D eigenvalue weighted by atomic mass is 10.1. The van der Waals surface area contributed by atoms with Gasteiger partial charge in [-0.05, 0) is 32.9 Å². The van der Waals surface area contributed by atoms with Crippen LogP contribution in [0, 0.1) is 17.0 Å². The molecule has 0 aromatic heterocycles. The second kappa shape index (κ2) is 5.36. The summed E-state index contributed by atoms with van der Waals surface area (Å²) in [6, 6.07) is 4.23. The average Bonchev–Trinajstić information content (AvgIpc) is 2.24. The van der Waals surface area contributed by atoms with Crippen molar-refractivity contribution in [2.45, 2.75) is 26.4 Å². The van der Waals surface area contributed by atoms with Gasteiger partial charge in [-0.3, -0.25) is 14.9 Å². The molecule has 0 fully saturated rings. The number of aliphatic hydroxyl groups is 1. The molecule has 6 heteroatoms. The van der Waals surface area contributed by atoms with Gasteiger partial charge < -0.3 is 10.0 Å². The van der Waals surface area contributed by atoms with E-state index in [1.165, 1.54) is 23.1 Å². The molecule has 0 unspecified atom stereocenters. The summed E-state index contributed by atoms with van der Waals surface area (Å²) in [5.41, 5.74) is -0.190. The number of hydrogen-bond acceptors (Lipinski definition) is 4. The highest BCUT2D eigenvalue weighted by atomic mass is 16.6. The third-order valence-corrected chi connectivity index (χ3v) is 2.61. The number of nitro groups is 1. The number of rotatable bonds is 4. The summed E-state index contributed by atoms with van der Waals surface area (Å²) in [5, 5.41) is 20.4. The van der Waals surface area contributed by atoms with E-state index in [-0.39, 0.29) is 18.1 Å². The summed E-state index contributed by atoms with van der Waals surface area (Å²) in [7, 11) is 1.58. The molecule has 0 bridgehead atoms. The highest BCUT2D eigenvalue weighted by Crippen LogP contribution is 2.19. The molecule has 1 aromatic rings. The lowest BCUT2D eigenvalue weighted by Crippen LogP contribution is -2.39. The molecule has 0 saturated heterocycles. The van der Waals surface area contributed by atoms with Gasteiger partial charge in [0.15, 0.2) is 0 Å². The van der Waals surface area contributed by atoms with E-state index in [4.69, 9.17) is 0 Å². The van der Waals surface area contributed by atoms with Gasteiger partial charge in [-0.2, -0.15) is 0 Å². The molecule has 0 heterocycles. The molecule has 1 amide bonds. The van der Waals surface area contributed by atoms with Gasteiger partial charge >= 0.3 is 0 Å². The molecule has 0 aliphatic heterocycles. The van der Waals surface area contributed by atoms with Crippen LogP contribution < -0.4 is 0 Å². The van der Waals surface area contributed by atoms with E-state index in [1.54, 1.807) is 27.8 Å². The van der Waals surface area contributed by atoms with Crippen molar-refractivity contribution in [2.75, 3.05) is 13.6 Å². The predicted molar refractivity (Wildman–Crippen MR) is 71.1 cm³/mol. The predicted octanol–water partition coefficient (Wildman–Crippen LogP) is 1.75. The molecular formula is C13H18N2O4. The van der Waals surface area contributed by atoms with Gasteiger partial charge in [0.25, 0.3) is 11.6 Å². The molecule has 1 rings (SSSR count). The largest absolute Gasteiger partial charge is 0.389 e. The zero-order chi connectivity index (χ0) is 14.8. The van der Waals surface area contributed by atoms with E-state index in [2.05, 4.69) is 0 Å². The monoisotopic (exact) mass is 266 g/mol. The number of carbonyl (C=O) groups is 1. The van der Waals surface area contributed by atoms with E-state index in [0.717, 1.165) is 0 Å². The summed E-state index contributed by atoms with van der Waals surface area (Å²) in [6.07, 6.45) is 0. The Kier molecular flexibility index (Phi) is 4.26. The van der Waals surface area contributed by atoms with E-state index >= 15 is 0 Å². The van der Waals surface area contributed by atoms with E-state index in [1.807, 2.05) is 0 Å². The van der Waals surface area contributed by atoms with Crippen molar-refractivity contribution in [2.24, 2.45) is 0 Å². The Labute approximate surface area is 111 Å². The second-order valence-corrected chi connectivity index (χ2v) is 5.23. The number of likely N-dealkylation sites (N-methyl/N-ethyl adjacent to an activating group) is 1. The molecule has 19 heavy (non-hydrogen) atoms. The van der Waals surface area contributed by atoms with Crippen LogP contribution in [-0.2, 0) is 0 Å². The van der Waals surface area contributed by atoms with Crippen LogP contribution in [0.3, 0.4) is 0 Å². The minimum Gasteiger partial charge on any atom is -0.389 e. The number of nitrogens with zero attached hydrogens (tertiary/aromatic N) is 2. The lowest BCUT2D eigenvalue weighted by Gasteiger charge is -2.25. The zero-order valence-electron chi connectivity index (χ0n) is 11.5. The van der Waals surface area contributed by atoms with Crippen molar-refractivity contribution in [1.29, 1.82) is 0 Å². The first-order valence-electron chi connectivity index (χ1n) is 5.85. The molecular weight excluding hydrogens is 248 g/mol. The minimum absolute atomic E-state index is 0.0123. The Balaban J connectivity index is 2.95. The van der Waals surface area contributed by atoms with E-state index < -0.39 is 10.5 Å². The number of nitro benzene ring substituents is 1. The molecule has 0 spiro atoms. The van der Waals surface area contributed by atoms with Crippen LogP contribution in [0.2, 0.25) is 0 Å². The quantitative estimate of drug-likeness (QED) is 0.664. The Morgan fingerprint density at radius 1 is 1.47 bits per heavy atom. The number of benzene rings is 1. The maximum atomic E-state index is 12.1. The normalized spacial score (nSPS) is 11.2. The van der Waals surface area contributed by atoms with Crippen molar-refractivity contribution in [3.05, 3.63) is 39.4 Å². The maximum Gasteiger partial charge on any atom is 0.272 e. The molecule has 0 aliphatic rings. The first-order chi connectivity index (χ1) is 8.61. The highest BCUT2D eigenvalue weighted by Gasteiger charge is 2.21. The smallest absolute Gasteiger partial charge is 0.272 e. The third kappa shape index (κ3) is 4.03. The van der Waals surface area contributed by atoms with Crippen LogP contribution in [0.1, 0.15) is 29.8 Å². The third-order valence-electron chi connectivity index (χ3n) is 2.61. The van der Waals surface area contributed by atoms with Crippen LogP contribution in [-0.4, -0.2) is 40.0 Å². The van der Waals surface area contributed by atoms with Crippen LogP contribution >= 0.6 is 0 Å². The van der Waals surface area contributed by atoms with Crippen LogP contribution in [0.15, 0.2) is 18.2 Å². The summed E-state index contributed by atoms with van der Waals surface area (Å²) < 4.78 is 0. The summed E-state index contributed by atoms with van der Waals surface area (Å²) >= 11 is 0. The van der Waals surface area contributed by atoms with Crippen LogP contribution in [0.4, 0.5) is 5.69 Å². The van der Waals surface area contributed by atoms with Crippen molar-refractivity contribution in [3.63, 3.8) is 0 Å². The number of amides is 1. The van der Waals surface area contributed by atoms with Crippen molar-refractivity contribution >= 4 is 11.6 Å². The fourth-order valence-electron chi connectivity index (χ4n) is 1.87. The molecule has 0 saturated carbocycles. The number of carbonyl (C=O) groups excluding carboxylic acids is 1. The summed E-state index contributed by atoms with van der Waals surface area (Å²) in [4.78, 5) is 23.7. The molecule has 0 atom stereocenters. The first-order valence-corrected chi connectivity index (χ1v) is 5.85. The molecule has 1 aromatic carbocycles. The summed E-state index contributed by atoms with van der Waals surface area (Å²) in [6.45, 7) is 4.99.